The van der Waals surface area contributed by atoms with Crippen LogP contribution in [0.3, 0.4) is 0 Å². The summed E-state index contributed by atoms with van der Waals surface area (Å²) in [6, 6.07) is 38.2. The number of para-hydroxylation sites is 3. The van der Waals surface area contributed by atoms with Crippen LogP contribution in [0.4, 0.5) is 0 Å². The lowest BCUT2D eigenvalue weighted by Gasteiger charge is -2.09. The van der Waals surface area contributed by atoms with Gasteiger partial charge in [-0.15, -0.1) is 10.2 Å². The molecular weight excluding hydrogens is 549 g/mol. The van der Waals surface area contributed by atoms with Crippen LogP contribution >= 0.6 is 11.3 Å². The van der Waals surface area contributed by atoms with E-state index in [2.05, 4.69) is 116 Å². The van der Waals surface area contributed by atoms with Crippen LogP contribution in [-0.2, 0) is 0 Å². The molecule has 5 aromatic heterocycles. The van der Waals surface area contributed by atoms with Gasteiger partial charge in [-0.1, -0.05) is 59.9 Å². The van der Waals surface area contributed by atoms with Crippen molar-refractivity contribution in [3.63, 3.8) is 0 Å². The van der Waals surface area contributed by atoms with Crippen molar-refractivity contribution in [2.75, 3.05) is 0 Å². The third-order valence-electron chi connectivity index (χ3n) is 8.08. The standard InChI is InChI=1S/C36H22N6S/c1-4-15-32-26(10-1)28-12-5-13-29(34(28)42(32)25-9-7-19-38-22-25)36-40-39-35(43-36)23-16-17-33-30(20-23)27-11-2-3-14-31(27)41(33)24-8-6-18-37-21-24/h1-22H. The van der Waals surface area contributed by atoms with E-state index in [1.807, 2.05) is 24.5 Å². The highest BCUT2D eigenvalue weighted by Gasteiger charge is 2.20. The normalized spacial score (nSPS) is 11.7. The largest absolute Gasteiger partial charge is 0.308 e. The van der Waals surface area contributed by atoms with Gasteiger partial charge >= 0.3 is 0 Å². The van der Waals surface area contributed by atoms with Crippen molar-refractivity contribution in [2.24, 2.45) is 0 Å². The SMILES string of the molecule is c1cncc(-n2c3ccccc3c3cc(-c4nnc(-c5cccc6c7ccccc7n(-c7cccnc7)c56)s4)ccc32)c1. The van der Waals surface area contributed by atoms with E-state index in [9.17, 15) is 0 Å². The molecule has 0 N–H and O–H groups in total. The summed E-state index contributed by atoms with van der Waals surface area (Å²) in [7, 11) is 0. The fourth-order valence-electron chi connectivity index (χ4n) is 6.26. The average molecular weight is 571 g/mol. The van der Waals surface area contributed by atoms with Crippen LogP contribution in [0.15, 0.2) is 134 Å². The van der Waals surface area contributed by atoms with Crippen LogP contribution in [0.25, 0.3) is 76.1 Å². The van der Waals surface area contributed by atoms with Gasteiger partial charge in [0, 0.05) is 45.1 Å². The quantitative estimate of drug-likeness (QED) is 0.212. The minimum atomic E-state index is 0.881. The molecule has 0 radical (unpaired) electrons. The van der Waals surface area contributed by atoms with E-state index in [0.717, 1.165) is 54.6 Å². The summed E-state index contributed by atoms with van der Waals surface area (Å²) < 4.78 is 4.55. The van der Waals surface area contributed by atoms with Crippen LogP contribution in [-0.4, -0.2) is 29.3 Å². The lowest BCUT2D eigenvalue weighted by molar-refractivity contribution is 1.10. The Hall–Kier alpha value is -5.66. The van der Waals surface area contributed by atoms with Crippen LogP contribution in [0, 0.1) is 0 Å². The second-order valence-corrected chi connectivity index (χ2v) is 11.5. The third kappa shape index (κ3) is 3.65. The summed E-state index contributed by atoms with van der Waals surface area (Å²) in [4.78, 5) is 8.79. The molecule has 0 aliphatic heterocycles. The number of hydrogen-bond acceptors (Lipinski definition) is 5. The fourth-order valence-corrected chi connectivity index (χ4v) is 7.13. The minimum absolute atomic E-state index is 0.881. The predicted octanol–water partition coefficient (Wildman–Crippen LogP) is 8.86. The Morgan fingerprint density at radius 2 is 1.12 bits per heavy atom. The first-order chi connectivity index (χ1) is 21.3. The molecule has 202 valence electrons. The topological polar surface area (TPSA) is 61.4 Å². The van der Waals surface area contributed by atoms with Gasteiger partial charge in [-0.05, 0) is 60.7 Å². The Kier molecular flexibility index (Phi) is 5.27. The monoisotopic (exact) mass is 570 g/mol. The number of pyridine rings is 2. The molecule has 5 heterocycles. The second kappa shape index (κ2) is 9.44. The first-order valence-corrected chi connectivity index (χ1v) is 14.9. The Labute approximate surface area is 250 Å². The fraction of sp³-hybridized carbons (Fsp3) is 0. The zero-order chi connectivity index (χ0) is 28.3. The Bertz CT molecular complexity index is 2460. The molecular formula is C36H22N6S. The van der Waals surface area contributed by atoms with Gasteiger partial charge in [0.25, 0.3) is 0 Å². The van der Waals surface area contributed by atoms with E-state index in [1.54, 1.807) is 23.7 Å². The summed E-state index contributed by atoms with van der Waals surface area (Å²) >= 11 is 1.62. The zero-order valence-electron chi connectivity index (χ0n) is 22.8. The molecule has 9 rings (SSSR count). The molecule has 43 heavy (non-hydrogen) atoms. The van der Waals surface area contributed by atoms with Gasteiger partial charge in [-0.2, -0.15) is 0 Å². The molecule has 0 amide bonds. The van der Waals surface area contributed by atoms with Crippen LogP contribution in [0.1, 0.15) is 0 Å². The van der Waals surface area contributed by atoms with Crippen molar-refractivity contribution < 1.29 is 0 Å². The number of benzene rings is 4. The van der Waals surface area contributed by atoms with Crippen LogP contribution in [0.2, 0.25) is 0 Å². The lowest BCUT2D eigenvalue weighted by atomic mass is 10.1. The summed E-state index contributed by atoms with van der Waals surface area (Å²) in [6.07, 6.45) is 7.42. The maximum atomic E-state index is 4.74. The molecule has 0 bridgehead atoms. The molecule has 0 fully saturated rings. The molecule has 7 heteroatoms. The van der Waals surface area contributed by atoms with Crippen molar-refractivity contribution in [2.45, 2.75) is 0 Å². The molecule has 0 aliphatic carbocycles. The summed E-state index contributed by atoms with van der Waals surface area (Å²) in [5.41, 5.74) is 8.68. The molecule has 0 unspecified atom stereocenters. The molecule has 0 aliphatic rings. The number of rotatable bonds is 4. The smallest absolute Gasteiger partial charge is 0.150 e. The van der Waals surface area contributed by atoms with E-state index >= 15 is 0 Å². The molecule has 9 aromatic rings. The second-order valence-electron chi connectivity index (χ2n) is 10.5. The summed E-state index contributed by atoms with van der Waals surface area (Å²) in [5, 5.41) is 16.0. The molecule has 0 saturated heterocycles. The van der Waals surface area contributed by atoms with Gasteiger partial charge in [-0.3, -0.25) is 9.97 Å². The first kappa shape index (κ1) is 24.0. The van der Waals surface area contributed by atoms with Crippen LogP contribution < -0.4 is 0 Å². The third-order valence-corrected chi connectivity index (χ3v) is 9.08. The zero-order valence-corrected chi connectivity index (χ0v) is 23.6. The van der Waals surface area contributed by atoms with E-state index in [1.165, 1.54) is 21.5 Å². The van der Waals surface area contributed by atoms with Crippen molar-refractivity contribution >= 4 is 54.9 Å². The minimum Gasteiger partial charge on any atom is -0.308 e. The molecule has 6 nitrogen and oxygen atoms in total. The molecule has 0 atom stereocenters. The lowest BCUT2D eigenvalue weighted by Crippen LogP contribution is -1.95. The summed E-state index contributed by atoms with van der Waals surface area (Å²) in [6.45, 7) is 0. The highest BCUT2D eigenvalue weighted by atomic mass is 32.1. The van der Waals surface area contributed by atoms with Gasteiger partial charge in [-0.25, -0.2) is 0 Å². The maximum Gasteiger partial charge on any atom is 0.150 e. The average Bonchev–Trinajstić information content (AvgIpc) is 3.78. The van der Waals surface area contributed by atoms with E-state index in [0.29, 0.717) is 0 Å². The Morgan fingerprint density at radius 3 is 1.86 bits per heavy atom. The maximum absolute atomic E-state index is 4.74. The van der Waals surface area contributed by atoms with Gasteiger partial charge in [0.2, 0.25) is 0 Å². The number of fused-ring (bicyclic) bond motifs is 6. The van der Waals surface area contributed by atoms with Gasteiger partial charge in [0.1, 0.15) is 10.0 Å². The van der Waals surface area contributed by atoms with E-state index < -0.39 is 0 Å². The van der Waals surface area contributed by atoms with Crippen molar-refractivity contribution in [3.8, 4) is 32.5 Å². The molecule has 0 spiro atoms. The van der Waals surface area contributed by atoms with Gasteiger partial charge in [0.15, 0.2) is 0 Å². The number of hydrogen-bond donors (Lipinski definition) is 0. The predicted molar refractivity (Wildman–Crippen MR) is 175 cm³/mol. The van der Waals surface area contributed by atoms with Crippen molar-refractivity contribution in [3.05, 3.63) is 134 Å². The number of nitrogens with zero attached hydrogens (tertiary/aromatic N) is 6. The Balaban J connectivity index is 1.23. The molecule has 4 aromatic carbocycles. The highest BCUT2D eigenvalue weighted by molar-refractivity contribution is 7.18. The Morgan fingerprint density at radius 1 is 0.488 bits per heavy atom. The first-order valence-electron chi connectivity index (χ1n) is 14.1. The van der Waals surface area contributed by atoms with Gasteiger partial charge < -0.3 is 9.13 Å². The summed E-state index contributed by atoms with van der Waals surface area (Å²) in [5.74, 6) is 0. The van der Waals surface area contributed by atoms with Crippen molar-refractivity contribution in [1.82, 2.24) is 29.3 Å². The van der Waals surface area contributed by atoms with Crippen molar-refractivity contribution in [1.29, 1.82) is 0 Å². The van der Waals surface area contributed by atoms with Gasteiger partial charge in [0.05, 0.1) is 45.8 Å². The number of aromatic nitrogens is 6. The van der Waals surface area contributed by atoms with E-state index in [4.69, 9.17) is 10.2 Å². The van der Waals surface area contributed by atoms with Crippen LogP contribution in [0.5, 0.6) is 0 Å². The molecule has 0 saturated carbocycles. The van der Waals surface area contributed by atoms with E-state index in [-0.39, 0.29) is 0 Å². The highest BCUT2D eigenvalue weighted by Crippen LogP contribution is 2.41.